The summed E-state index contributed by atoms with van der Waals surface area (Å²) in [5, 5.41) is 0.208. The largest absolute Gasteiger partial charge is 0.465 e. The third-order valence-corrected chi connectivity index (χ3v) is 7.31. The lowest BCUT2D eigenvalue weighted by Gasteiger charge is -2.35. The predicted molar refractivity (Wildman–Crippen MR) is 94.0 cm³/mol. The lowest BCUT2D eigenvalue weighted by atomic mass is 10.0. The molecule has 9 heteroatoms. The molecule has 0 unspecified atom stereocenters. The molecular weight excluding hydrogens is 368 g/mol. The molecule has 1 aliphatic heterocycles. The van der Waals surface area contributed by atoms with Gasteiger partial charge < -0.3 is 14.4 Å². The molecule has 0 aromatic carbocycles. The number of anilines is 1. The van der Waals surface area contributed by atoms with Crippen molar-refractivity contribution in [1.82, 2.24) is 4.98 Å². The number of methoxy groups -OCH3 is 1. The number of ether oxygens (including phenoxy) is 2. The molecule has 138 valence electrons. The minimum atomic E-state index is -3.46. The van der Waals surface area contributed by atoms with Crippen LogP contribution < -0.4 is 4.90 Å². The Balaban J connectivity index is 2.20. The van der Waals surface area contributed by atoms with Gasteiger partial charge in [-0.15, -0.1) is 0 Å². The van der Waals surface area contributed by atoms with Crippen molar-refractivity contribution >= 4 is 33.2 Å². The van der Waals surface area contributed by atoms with Crippen LogP contribution in [0.3, 0.4) is 0 Å². The van der Waals surface area contributed by atoms with Crippen molar-refractivity contribution in [3.8, 4) is 0 Å². The van der Waals surface area contributed by atoms with E-state index in [0.717, 1.165) is 0 Å². The lowest BCUT2D eigenvalue weighted by Crippen LogP contribution is -2.44. The maximum absolute atomic E-state index is 12.4. The molecule has 0 spiro atoms. The van der Waals surface area contributed by atoms with Gasteiger partial charge in [0.05, 0.1) is 41.7 Å². The van der Waals surface area contributed by atoms with Gasteiger partial charge in [0.2, 0.25) is 0 Å². The summed E-state index contributed by atoms with van der Waals surface area (Å²) < 4.78 is 33.9. The van der Waals surface area contributed by atoms with E-state index in [9.17, 15) is 13.2 Å². The summed E-state index contributed by atoms with van der Waals surface area (Å²) in [5.41, 5.74) is 0.423. The normalized spacial score (nSPS) is 22.6. The monoisotopic (exact) mass is 388 g/mol. The van der Waals surface area contributed by atoms with Gasteiger partial charge in [0, 0.05) is 24.6 Å². The van der Waals surface area contributed by atoms with Crippen LogP contribution in [0.4, 0.5) is 5.82 Å². The van der Waals surface area contributed by atoms with Crippen LogP contribution in [0.15, 0.2) is 6.20 Å². The van der Waals surface area contributed by atoms with E-state index in [2.05, 4.69) is 4.98 Å². The molecule has 1 saturated carbocycles. The van der Waals surface area contributed by atoms with E-state index < -0.39 is 20.6 Å². The Labute approximate surface area is 152 Å². The van der Waals surface area contributed by atoms with Gasteiger partial charge in [-0.25, -0.2) is 18.2 Å². The van der Waals surface area contributed by atoms with E-state index in [0.29, 0.717) is 44.0 Å². The number of carbonyl (C=O) groups excluding carboxylic acids is 1. The van der Waals surface area contributed by atoms with Crippen molar-refractivity contribution in [2.75, 3.05) is 38.0 Å². The number of pyridine rings is 1. The highest BCUT2D eigenvalue weighted by Crippen LogP contribution is 2.56. The number of sulfone groups is 1. The van der Waals surface area contributed by atoms with E-state index in [-0.39, 0.29) is 16.6 Å². The van der Waals surface area contributed by atoms with Crippen molar-refractivity contribution in [2.45, 2.75) is 30.6 Å². The molecule has 1 atom stereocenters. The molecule has 0 bridgehead atoms. The molecule has 1 aromatic rings. The van der Waals surface area contributed by atoms with Gasteiger partial charge in [-0.2, -0.15) is 0 Å². The van der Waals surface area contributed by atoms with Crippen LogP contribution in [0, 0.1) is 0 Å². The zero-order chi connectivity index (χ0) is 18.4. The Morgan fingerprint density at radius 1 is 1.48 bits per heavy atom. The first-order chi connectivity index (χ1) is 11.7. The van der Waals surface area contributed by atoms with Crippen LogP contribution in [0.25, 0.3) is 0 Å². The van der Waals surface area contributed by atoms with Crippen molar-refractivity contribution in [1.29, 1.82) is 0 Å². The molecule has 2 fully saturated rings. The van der Waals surface area contributed by atoms with Gasteiger partial charge in [0.15, 0.2) is 9.84 Å². The van der Waals surface area contributed by atoms with Gasteiger partial charge in [-0.1, -0.05) is 11.6 Å². The lowest BCUT2D eigenvalue weighted by molar-refractivity contribution is 0.0598. The zero-order valence-electron chi connectivity index (χ0n) is 14.4. The molecule has 1 saturated heterocycles. The van der Waals surface area contributed by atoms with Crippen LogP contribution in [-0.4, -0.2) is 58.5 Å². The first-order valence-electron chi connectivity index (χ1n) is 8.04. The Bertz CT molecular complexity index is 807. The Hall–Kier alpha value is -1.38. The minimum Gasteiger partial charge on any atom is -0.465 e. The van der Waals surface area contributed by atoms with E-state index in [1.54, 1.807) is 0 Å². The maximum atomic E-state index is 12.4. The molecular formula is C16H21ClN2O5S. The van der Waals surface area contributed by atoms with Crippen LogP contribution >= 0.6 is 11.6 Å². The number of aromatic nitrogens is 1. The number of halogens is 1. The second kappa shape index (κ2) is 6.41. The molecule has 25 heavy (non-hydrogen) atoms. The summed E-state index contributed by atoms with van der Waals surface area (Å²) in [4.78, 5) is 18.5. The van der Waals surface area contributed by atoms with Gasteiger partial charge in [0.1, 0.15) is 5.82 Å². The third kappa shape index (κ3) is 3.00. The van der Waals surface area contributed by atoms with Gasteiger partial charge in [-0.05, 0) is 19.8 Å². The minimum absolute atomic E-state index is 0.0453. The first-order valence-corrected chi connectivity index (χ1v) is 10.3. The van der Waals surface area contributed by atoms with Gasteiger partial charge in [-0.3, -0.25) is 0 Å². The Morgan fingerprint density at radius 3 is 2.68 bits per heavy atom. The van der Waals surface area contributed by atoms with E-state index in [1.165, 1.54) is 19.6 Å². The number of nitrogens with zero attached hydrogens (tertiary/aromatic N) is 2. The number of morpholine rings is 1. The smallest absolute Gasteiger partial charge is 0.339 e. The number of rotatable bonds is 4. The zero-order valence-corrected chi connectivity index (χ0v) is 16.0. The highest BCUT2D eigenvalue weighted by atomic mass is 35.5. The highest BCUT2D eigenvalue weighted by Gasteiger charge is 2.57. The summed E-state index contributed by atoms with van der Waals surface area (Å²) in [5.74, 6) is -0.157. The molecule has 0 radical (unpaired) electrons. The fourth-order valence-corrected chi connectivity index (χ4v) is 5.27. The summed E-state index contributed by atoms with van der Waals surface area (Å²) >= 11 is 6.63. The number of hydrogen-bond acceptors (Lipinski definition) is 7. The Morgan fingerprint density at radius 2 is 2.16 bits per heavy atom. The first kappa shape index (κ1) is 18.4. The van der Waals surface area contributed by atoms with Crippen molar-refractivity contribution in [3.05, 3.63) is 22.3 Å². The number of carbonyl (C=O) groups is 1. The molecule has 0 N–H and O–H groups in total. The maximum Gasteiger partial charge on any atom is 0.339 e. The van der Waals surface area contributed by atoms with Gasteiger partial charge >= 0.3 is 5.97 Å². The van der Waals surface area contributed by atoms with Crippen molar-refractivity contribution in [2.24, 2.45) is 0 Å². The molecule has 1 aromatic heterocycles. The topological polar surface area (TPSA) is 85.8 Å². The quantitative estimate of drug-likeness (QED) is 0.726. The van der Waals surface area contributed by atoms with E-state index in [1.807, 2.05) is 11.8 Å². The number of hydrogen-bond donors (Lipinski definition) is 0. The number of esters is 1. The summed E-state index contributed by atoms with van der Waals surface area (Å²) in [6, 6.07) is 0.0453. The van der Waals surface area contributed by atoms with E-state index in [4.69, 9.17) is 21.1 Å². The summed E-state index contributed by atoms with van der Waals surface area (Å²) in [6.07, 6.45) is 3.40. The van der Waals surface area contributed by atoms with Crippen molar-refractivity contribution < 1.29 is 22.7 Å². The molecule has 0 amide bonds. The second-order valence-electron chi connectivity index (χ2n) is 6.56. The molecule has 3 rings (SSSR count). The van der Waals surface area contributed by atoms with Crippen LogP contribution in [0.5, 0.6) is 0 Å². The predicted octanol–water partition coefficient (Wildman–Crippen LogP) is 1.78. The third-order valence-electron chi connectivity index (χ3n) is 4.92. The van der Waals surface area contributed by atoms with Crippen LogP contribution in [0.2, 0.25) is 5.02 Å². The molecule has 2 heterocycles. The molecule has 1 aliphatic carbocycles. The van der Waals surface area contributed by atoms with E-state index >= 15 is 0 Å². The van der Waals surface area contributed by atoms with Gasteiger partial charge in [0.25, 0.3) is 0 Å². The summed E-state index contributed by atoms with van der Waals surface area (Å²) in [7, 11) is -2.21. The fourth-order valence-electron chi connectivity index (χ4n) is 3.35. The van der Waals surface area contributed by atoms with Crippen molar-refractivity contribution in [3.63, 3.8) is 0 Å². The SMILES string of the molecule is COC(=O)c1cnc(N2CCOC[C@H]2C)c(Cl)c1C1(S(C)(=O)=O)CC1. The molecule has 7 nitrogen and oxygen atoms in total. The average Bonchev–Trinajstić information content (AvgIpc) is 3.36. The standard InChI is InChI=1S/C16H21ClN2O5S/c1-10-9-24-7-6-19(10)14-13(17)12(11(8-18-14)15(20)23-2)16(4-5-16)25(3,21)22/h8,10H,4-7,9H2,1-3H3/t10-/m1/s1. The average molecular weight is 389 g/mol. The summed E-state index contributed by atoms with van der Waals surface area (Å²) in [6.45, 7) is 3.64. The highest BCUT2D eigenvalue weighted by molar-refractivity contribution is 7.92. The van der Waals surface area contributed by atoms with Crippen LogP contribution in [-0.2, 0) is 24.1 Å². The second-order valence-corrected chi connectivity index (χ2v) is 9.26. The fraction of sp³-hybridized carbons (Fsp3) is 0.625. The Kier molecular flexibility index (Phi) is 4.72. The van der Waals surface area contributed by atoms with Crippen LogP contribution in [0.1, 0.15) is 35.7 Å². The molecule has 2 aliphatic rings.